The Morgan fingerprint density at radius 1 is 0.867 bits per heavy atom. The molecule has 0 aliphatic heterocycles. The van der Waals surface area contributed by atoms with E-state index in [1.54, 1.807) is 42.5 Å². The van der Waals surface area contributed by atoms with E-state index in [2.05, 4.69) is 43.6 Å². The van der Waals surface area contributed by atoms with Gasteiger partial charge in [0.2, 0.25) is 0 Å². The lowest BCUT2D eigenvalue weighted by atomic mass is 10.1. The third kappa shape index (κ3) is 5.78. The average molecular weight is 466 g/mol. The van der Waals surface area contributed by atoms with Crippen molar-refractivity contribution in [2.75, 3.05) is 26.0 Å². The average Bonchev–Trinajstić information content (AvgIpc) is 2.74. The van der Waals surface area contributed by atoms with Gasteiger partial charge in [-0.25, -0.2) is 0 Å². The summed E-state index contributed by atoms with van der Waals surface area (Å²) in [6, 6.07) is 24.2. The summed E-state index contributed by atoms with van der Waals surface area (Å²) in [5.74, 6) is -0.415. The Bertz CT molecular complexity index is 1020. The summed E-state index contributed by atoms with van der Waals surface area (Å²) in [4.78, 5) is 27.2. The number of amides is 2. The molecule has 0 bridgehead atoms. The Morgan fingerprint density at radius 3 is 2.20 bits per heavy atom. The first-order valence-electron chi connectivity index (χ1n) is 9.60. The molecule has 30 heavy (non-hydrogen) atoms. The van der Waals surface area contributed by atoms with Gasteiger partial charge >= 0.3 is 0 Å². The third-order valence-electron chi connectivity index (χ3n) is 4.73. The zero-order valence-electron chi connectivity index (χ0n) is 16.9. The van der Waals surface area contributed by atoms with E-state index in [4.69, 9.17) is 0 Å². The highest BCUT2D eigenvalue weighted by Gasteiger charge is 2.16. The van der Waals surface area contributed by atoms with Crippen LogP contribution in [0.15, 0.2) is 83.3 Å². The number of likely N-dealkylation sites (N-methyl/N-ethyl adjacent to an activating group) is 1. The van der Waals surface area contributed by atoms with Gasteiger partial charge in [0.1, 0.15) is 0 Å². The van der Waals surface area contributed by atoms with Crippen LogP contribution in [0.25, 0.3) is 0 Å². The van der Waals surface area contributed by atoms with Crippen molar-refractivity contribution >= 4 is 33.4 Å². The van der Waals surface area contributed by atoms with E-state index in [0.29, 0.717) is 23.4 Å². The number of nitrogens with one attached hydrogen (secondary N) is 2. The maximum absolute atomic E-state index is 12.7. The Balaban J connectivity index is 1.66. The second kappa shape index (κ2) is 10.2. The molecular formula is C24H24BrN3O2. The molecule has 0 radical (unpaired) electrons. The van der Waals surface area contributed by atoms with Gasteiger partial charge in [0, 0.05) is 27.8 Å². The highest BCUT2D eigenvalue weighted by atomic mass is 79.9. The largest absolute Gasteiger partial charge is 0.350 e. The van der Waals surface area contributed by atoms with Crippen LogP contribution in [0.1, 0.15) is 32.3 Å². The van der Waals surface area contributed by atoms with Crippen molar-refractivity contribution in [3.8, 4) is 0 Å². The van der Waals surface area contributed by atoms with Gasteiger partial charge in [0.15, 0.2) is 0 Å². The van der Waals surface area contributed by atoms with Gasteiger partial charge in [-0.15, -0.1) is 0 Å². The molecule has 6 heteroatoms. The Hall–Kier alpha value is -2.96. The predicted molar refractivity (Wildman–Crippen MR) is 124 cm³/mol. The summed E-state index contributed by atoms with van der Waals surface area (Å²) < 4.78 is 0.831. The Morgan fingerprint density at radius 2 is 1.53 bits per heavy atom. The number of carbonyl (C=O) groups excluding carboxylic acids is 2. The van der Waals surface area contributed by atoms with Crippen LogP contribution in [0.4, 0.5) is 5.69 Å². The van der Waals surface area contributed by atoms with Crippen molar-refractivity contribution in [2.45, 2.75) is 6.04 Å². The van der Waals surface area contributed by atoms with Crippen molar-refractivity contribution in [2.24, 2.45) is 0 Å². The summed E-state index contributed by atoms with van der Waals surface area (Å²) in [5, 5.41) is 5.84. The van der Waals surface area contributed by atoms with Crippen LogP contribution in [-0.2, 0) is 0 Å². The zero-order valence-corrected chi connectivity index (χ0v) is 18.5. The van der Waals surface area contributed by atoms with Crippen LogP contribution in [-0.4, -0.2) is 37.4 Å². The monoisotopic (exact) mass is 465 g/mol. The van der Waals surface area contributed by atoms with Crippen molar-refractivity contribution in [1.29, 1.82) is 0 Å². The smallest absolute Gasteiger partial charge is 0.255 e. The third-order valence-corrected chi connectivity index (χ3v) is 5.23. The van der Waals surface area contributed by atoms with Crippen molar-refractivity contribution in [3.63, 3.8) is 0 Å². The molecule has 2 N–H and O–H groups in total. The summed E-state index contributed by atoms with van der Waals surface area (Å²) in [5.41, 5.74) is 2.74. The molecule has 3 rings (SSSR count). The minimum Gasteiger partial charge on any atom is -0.350 e. The molecule has 0 saturated carbocycles. The maximum Gasteiger partial charge on any atom is 0.255 e. The SMILES string of the molecule is CN(C)C(CNC(=O)c1cccc(NC(=O)c2cccc(Br)c2)c1)c1ccccc1. The second-order valence-corrected chi connectivity index (χ2v) is 8.06. The number of halogens is 1. The number of carbonyl (C=O) groups is 2. The fraction of sp³-hybridized carbons (Fsp3) is 0.167. The molecule has 0 saturated heterocycles. The van der Waals surface area contributed by atoms with Crippen molar-refractivity contribution < 1.29 is 9.59 Å². The van der Waals surface area contributed by atoms with E-state index in [1.165, 1.54) is 0 Å². The van der Waals surface area contributed by atoms with E-state index in [1.807, 2.05) is 38.4 Å². The summed E-state index contributed by atoms with van der Waals surface area (Å²) in [6.07, 6.45) is 0. The molecule has 2 amide bonds. The summed E-state index contributed by atoms with van der Waals surface area (Å²) in [7, 11) is 3.98. The number of rotatable bonds is 7. The fourth-order valence-electron chi connectivity index (χ4n) is 3.14. The molecule has 0 spiro atoms. The lowest BCUT2D eigenvalue weighted by molar-refractivity contribution is 0.0940. The molecule has 0 aromatic heterocycles. The quantitative estimate of drug-likeness (QED) is 0.529. The topological polar surface area (TPSA) is 61.4 Å². The summed E-state index contributed by atoms with van der Waals surface area (Å²) >= 11 is 3.37. The first-order valence-corrected chi connectivity index (χ1v) is 10.4. The minimum absolute atomic E-state index is 0.0644. The molecular weight excluding hydrogens is 442 g/mol. The van der Waals surface area contributed by atoms with Gasteiger partial charge in [-0.1, -0.05) is 58.4 Å². The zero-order chi connectivity index (χ0) is 21.5. The number of hydrogen-bond acceptors (Lipinski definition) is 3. The molecule has 0 aliphatic rings. The molecule has 5 nitrogen and oxygen atoms in total. The standard InChI is InChI=1S/C24H24BrN3O2/c1-28(2)22(17-8-4-3-5-9-17)16-26-23(29)19-11-7-13-21(15-19)27-24(30)18-10-6-12-20(25)14-18/h3-15,22H,16H2,1-2H3,(H,26,29)(H,27,30). The summed E-state index contributed by atoms with van der Waals surface area (Å²) in [6.45, 7) is 0.477. The number of hydrogen-bond donors (Lipinski definition) is 2. The first-order chi connectivity index (χ1) is 14.4. The highest BCUT2D eigenvalue weighted by Crippen LogP contribution is 2.18. The van der Waals surface area contributed by atoms with Gasteiger partial charge < -0.3 is 15.5 Å². The van der Waals surface area contributed by atoms with Crippen molar-refractivity contribution in [1.82, 2.24) is 10.2 Å². The minimum atomic E-state index is -0.231. The van der Waals surface area contributed by atoms with Gasteiger partial charge in [-0.2, -0.15) is 0 Å². The lowest BCUT2D eigenvalue weighted by Gasteiger charge is -2.25. The fourth-order valence-corrected chi connectivity index (χ4v) is 3.54. The van der Waals surface area contributed by atoms with Gasteiger partial charge in [-0.3, -0.25) is 9.59 Å². The molecule has 1 atom stereocenters. The lowest BCUT2D eigenvalue weighted by Crippen LogP contribution is -2.34. The van der Waals surface area contributed by atoms with E-state index in [9.17, 15) is 9.59 Å². The number of anilines is 1. The van der Waals surface area contributed by atoms with Gasteiger partial charge in [0.25, 0.3) is 11.8 Å². The highest BCUT2D eigenvalue weighted by molar-refractivity contribution is 9.10. The molecule has 0 aliphatic carbocycles. The predicted octanol–water partition coefficient (Wildman–Crippen LogP) is 4.73. The molecule has 0 fully saturated rings. The molecule has 1 unspecified atom stereocenters. The Labute approximate surface area is 185 Å². The normalized spacial score (nSPS) is 11.7. The van der Waals surface area contributed by atoms with Gasteiger partial charge in [-0.05, 0) is 56.1 Å². The number of benzene rings is 3. The van der Waals surface area contributed by atoms with Crippen LogP contribution >= 0.6 is 15.9 Å². The Kier molecular flexibility index (Phi) is 7.38. The first kappa shape index (κ1) is 21.7. The van der Waals surface area contributed by atoms with Crippen LogP contribution < -0.4 is 10.6 Å². The van der Waals surface area contributed by atoms with E-state index >= 15 is 0 Å². The van der Waals surface area contributed by atoms with Gasteiger partial charge in [0.05, 0.1) is 6.04 Å². The molecule has 3 aromatic carbocycles. The van der Waals surface area contributed by atoms with Crippen LogP contribution in [0.3, 0.4) is 0 Å². The maximum atomic E-state index is 12.7. The van der Waals surface area contributed by atoms with Crippen LogP contribution in [0, 0.1) is 0 Å². The van der Waals surface area contributed by atoms with E-state index in [0.717, 1.165) is 10.0 Å². The molecule has 3 aromatic rings. The second-order valence-electron chi connectivity index (χ2n) is 7.15. The van der Waals surface area contributed by atoms with E-state index in [-0.39, 0.29) is 17.9 Å². The van der Waals surface area contributed by atoms with Crippen LogP contribution in [0.2, 0.25) is 0 Å². The molecule has 0 heterocycles. The van der Waals surface area contributed by atoms with Crippen molar-refractivity contribution in [3.05, 3.63) is 100 Å². The van der Waals surface area contributed by atoms with E-state index < -0.39 is 0 Å². The molecule has 154 valence electrons. The number of nitrogens with zero attached hydrogens (tertiary/aromatic N) is 1. The van der Waals surface area contributed by atoms with Crippen LogP contribution in [0.5, 0.6) is 0 Å².